The van der Waals surface area contributed by atoms with Gasteiger partial charge in [0.2, 0.25) is 0 Å². The van der Waals surface area contributed by atoms with E-state index in [2.05, 4.69) is 15.6 Å². The van der Waals surface area contributed by atoms with E-state index in [0.717, 1.165) is 11.3 Å². The maximum Gasteiger partial charge on any atom is 0.262 e. The highest BCUT2D eigenvalue weighted by atomic mass is 16.5. The topological polar surface area (TPSA) is 94.0 Å². The van der Waals surface area contributed by atoms with E-state index in [1.54, 1.807) is 60.7 Å². The van der Waals surface area contributed by atoms with Crippen LogP contribution >= 0.6 is 0 Å². The van der Waals surface area contributed by atoms with Crippen molar-refractivity contribution < 1.29 is 19.1 Å². The molecule has 5 aromatic rings. The normalized spacial score (nSPS) is 10.6. The molecule has 2 aromatic heterocycles. The van der Waals surface area contributed by atoms with Crippen LogP contribution in [0.4, 0.5) is 11.4 Å². The Kier molecular flexibility index (Phi) is 7.08. The number of rotatable bonds is 9. The molecule has 0 spiro atoms. The van der Waals surface area contributed by atoms with Gasteiger partial charge in [-0.1, -0.05) is 36.4 Å². The zero-order valence-electron chi connectivity index (χ0n) is 19.8. The molecule has 0 fully saturated rings. The number of pyridine rings is 1. The van der Waals surface area contributed by atoms with Gasteiger partial charge in [0, 0.05) is 35.4 Å². The van der Waals surface area contributed by atoms with Crippen molar-refractivity contribution in [1.82, 2.24) is 9.38 Å². The van der Waals surface area contributed by atoms with Gasteiger partial charge in [0.1, 0.15) is 23.8 Å². The molecule has 0 unspecified atom stereocenters. The number of nitrogens with zero attached hydrogens (tertiary/aromatic N) is 2. The Morgan fingerprint density at radius 3 is 2.35 bits per heavy atom. The van der Waals surface area contributed by atoms with Crippen LogP contribution in [0.15, 0.2) is 109 Å². The van der Waals surface area contributed by atoms with Crippen LogP contribution in [0.25, 0.3) is 5.65 Å². The molecule has 8 heteroatoms. The minimum Gasteiger partial charge on any atom is -0.487 e. The highest BCUT2D eigenvalue weighted by Crippen LogP contribution is 2.20. The van der Waals surface area contributed by atoms with Gasteiger partial charge in [-0.05, 0) is 54.6 Å². The molecule has 3 aromatic carbocycles. The Morgan fingerprint density at radius 2 is 1.51 bits per heavy atom. The van der Waals surface area contributed by atoms with Gasteiger partial charge in [-0.3, -0.25) is 9.59 Å². The second-order valence-electron chi connectivity index (χ2n) is 8.20. The van der Waals surface area contributed by atoms with Gasteiger partial charge in [-0.25, -0.2) is 4.98 Å². The lowest BCUT2D eigenvalue weighted by Gasteiger charge is -2.10. The number of amides is 2. The molecule has 0 aliphatic rings. The van der Waals surface area contributed by atoms with Gasteiger partial charge in [0.25, 0.3) is 11.8 Å². The first-order valence-corrected chi connectivity index (χ1v) is 11.7. The Bertz CT molecular complexity index is 1500. The Balaban J connectivity index is 1.16. The summed E-state index contributed by atoms with van der Waals surface area (Å²) >= 11 is 0. The second-order valence-corrected chi connectivity index (χ2v) is 8.20. The smallest absolute Gasteiger partial charge is 0.262 e. The average molecular weight is 493 g/mol. The van der Waals surface area contributed by atoms with Crippen LogP contribution in [0.1, 0.15) is 16.1 Å². The van der Waals surface area contributed by atoms with Gasteiger partial charge < -0.3 is 24.5 Å². The molecule has 2 heterocycles. The number of nitrogens with one attached hydrogen (secondary N) is 2. The minimum absolute atomic E-state index is 0.155. The molecular formula is C29H24N4O4. The summed E-state index contributed by atoms with van der Waals surface area (Å²) in [4.78, 5) is 29.5. The summed E-state index contributed by atoms with van der Waals surface area (Å²) in [5.41, 5.74) is 3.32. The van der Waals surface area contributed by atoms with Crippen LogP contribution in [0.5, 0.6) is 11.5 Å². The van der Waals surface area contributed by atoms with E-state index in [9.17, 15) is 9.59 Å². The number of carbonyl (C=O) groups is 2. The first-order valence-electron chi connectivity index (χ1n) is 11.7. The highest BCUT2D eigenvalue weighted by molar-refractivity contribution is 6.04. The quantitative estimate of drug-likeness (QED) is 0.296. The van der Waals surface area contributed by atoms with Crippen molar-refractivity contribution in [3.05, 3.63) is 121 Å². The van der Waals surface area contributed by atoms with Crippen molar-refractivity contribution in [3.63, 3.8) is 0 Å². The number of benzene rings is 3. The molecule has 184 valence electrons. The lowest BCUT2D eigenvalue weighted by atomic mass is 10.2. The van der Waals surface area contributed by atoms with E-state index >= 15 is 0 Å². The van der Waals surface area contributed by atoms with E-state index in [1.165, 1.54) is 0 Å². The molecule has 37 heavy (non-hydrogen) atoms. The Labute approximate surface area is 213 Å². The number of carbonyl (C=O) groups excluding carboxylic acids is 2. The molecular weight excluding hydrogens is 468 g/mol. The first-order chi connectivity index (χ1) is 18.1. The van der Waals surface area contributed by atoms with Gasteiger partial charge in [-0.15, -0.1) is 0 Å². The van der Waals surface area contributed by atoms with E-state index in [4.69, 9.17) is 9.47 Å². The average Bonchev–Trinajstić information content (AvgIpc) is 3.35. The molecule has 0 bridgehead atoms. The Morgan fingerprint density at radius 1 is 0.757 bits per heavy atom. The number of anilines is 2. The van der Waals surface area contributed by atoms with Crippen molar-refractivity contribution in [2.24, 2.45) is 0 Å². The summed E-state index contributed by atoms with van der Waals surface area (Å²) in [5, 5.41) is 5.62. The molecule has 0 atom stereocenters. The van der Waals surface area contributed by atoms with E-state index < -0.39 is 0 Å². The summed E-state index contributed by atoms with van der Waals surface area (Å²) in [5.74, 6) is 0.454. The zero-order chi connectivity index (χ0) is 25.5. The summed E-state index contributed by atoms with van der Waals surface area (Å²) < 4.78 is 13.4. The number of hydrogen-bond donors (Lipinski definition) is 2. The monoisotopic (exact) mass is 492 g/mol. The van der Waals surface area contributed by atoms with E-state index in [-0.39, 0.29) is 25.0 Å². The SMILES string of the molecule is O=C(COc1cccc(NC(=O)c2cccc(OCc3cn4ccccc4n3)c2)c1)Nc1ccccc1. The van der Waals surface area contributed by atoms with Crippen LogP contribution < -0.4 is 20.1 Å². The number of ether oxygens (including phenoxy) is 2. The number of hydrogen-bond acceptors (Lipinski definition) is 5. The number of fused-ring (bicyclic) bond motifs is 1. The van der Waals surface area contributed by atoms with Crippen molar-refractivity contribution in [2.75, 3.05) is 17.2 Å². The van der Waals surface area contributed by atoms with E-state index in [0.29, 0.717) is 28.4 Å². The van der Waals surface area contributed by atoms with E-state index in [1.807, 2.05) is 53.2 Å². The summed E-state index contributed by atoms with van der Waals surface area (Å²) in [6.07, 6.45) is 3.84. The molecule has 0 saturated carbocycles. The van der Waals surface area contributed by atoms with Gasteiger partial charge in [0.05, 0.1) is 5.69 Å². The molecule has 0 saturated heterocycles. The first kappa shape index (κ1) is 23.6. The van der Waals surface area contributed by atoms with Gasteiger partial charge >= 0.3 is 0 Å². The third-order valence-electron chi connectivity index (χ3n) is 5.42. The summed E-state index contributed by atoms with van der Waals surface area (Å²) in [6.45, 7) is 0.127. The molecule has 2 amide bonds. The van der Waals surface area contributed by atoms with Crippen molar-refractivity contribution in [1.29, 1.82) is 0 Å². The largest absolute Gasteiger partial charge is 0.487 e. The van der Waals surface area contributed by atoms with Gasteiger partial charge in [-0.2, -0.15) is 0 Å². The molecule has 2 N–H and O–H groups in total. The summed E-state index contributed by atoms with van der Waals surface area (Å²) in [6, 6.07) is 28.8. The third-order valence-corrected chi connectivity index (χ3v) is 5.42. The standard InChI is InChI=1S/C29H24N4O4/c34-28(31-22-9-2-1-3-10-22)20-37-26-13-7-11-23(17-26)32-29(35)21-8-6-12-25(16-21)36-19-24-18-33-15-5-4-14-27(33)30-24/h1-18H,19-20H2,(H,31,34)(H,32,35). The van der Waals surface area contributed by atoms with Crippen molar-refractivity contribution in [2.45, 2.75) is 6.61 Å². The molecule has 0 radical (unpaired) electrons. The lowest BCUT2D eigenvalue weighted by Crippen LogP contribution is -2.20. The maximum absolute atomic E-state index is 12.9. The minimum atomic E-state index is -0.294. The molecule has 8 nitrogen and oxygen atoms in total. The third kappa shape index (κ3) is 6.32. The summed E-state index contributed by atoms with van der Waals surface area (Å²) in [7, 11) is 0. The highest BCUT2D eigenvalue weighted by Gasteiger charge is 2.10. The number of aromatic nitrogens is 2. The fraction of sp³-hybridized carbons (Fsp3) is 0.0690. The second kappa shape index (κ2) is 11.1. The molecule has 0 aliphatic carbocycles. The predicted molar refractivity (Wildman–Crippen MR) is 141 cm³/mol. The Hall–Kier alpha value is -5.11. The fourth-order valence-corrected chi connectivity index (χ4v) is 3.68. The molecule has 0 aliphatic heterocycles. The van der Waals surface area contributed by atoms with Crippen LogP contribution in [0, 0.1) is 0 Å². The lowest BCUT2D eigenvalue weighted by molar-refractivity contribution is -0.118. The fourth-order valence-electron chi connectivity index (χ4n) is 3.68. The van der Waals surface area contributed by atoms with Crippen LogP contribution in [-0.4, -0.2) is 27.8 Å². The zero-order valence-corrected chi connectivity index (χ0v) is 19.8. The number of para-hydroxylation sites is 1. The van der Waals surface area contributed by atoms with Crippen LogP contribution in [-0.2, 0) is 11.4 Å². The maximum atomic E-state index is 12.9. The van der Waals surface area contributed by atoms with Crippen LogP contribution in [0.2, 0.25) is 0 Å². The van der Waals surface area contributed by atoms with Crippen molar-refractivity contribution >= 4 is 28.8 Å². The van der Waals surface area contributed by atoms with Crippen LogP contribution in [0.3, 0.4) is 0 Å². The number of imidazole rings is 1. The molecule has 5 rings (SSSR count). The van der Waals surface area contributed by atoms with Gasteiger partial charge in [0.15, 0.2) is 6.61 Å². The predicted octanol–water partition coefficient (Wildman–Crippen LogP) is 5.18. The van der Waals surface area contributed by atoms with Crippen molar-refractivity contribution in [3.8, 4) is 11.5 Å².